The number of esters is 1. The van der Waals surface area contributed by atoms with Crippen LogP contribution in [0.1, 0.15) is 29.3 Å². The molecule has 148 valence electrons. The largest absolute Gasteiger partial charge is 0.454 e. The zero-order chi connectivity index (χ0) is 20.4. The number of benzene rings is 1. The van der Waals surface area contributed by atoms with Gasteiger partial charge < -0.3 is 14.6 Å². The highest BCUT2D eigenvalue weighted by Crippen LogP contribution is 2.39. The highest BCUT2D eigenvalue weighted by molar-refractivity contribution is 7.16. The lowest BCUT2D eigenvalue weighted by Crippen LogP contribution is -2.22. The summed E-state index contributed by atoms with van der Waals surface area (Å²) in [4.78, 5) is 29.8. The van der Waals surface area contributed by atoms with Gasteiger partial charge in [0.05, 0.1) is 22.9 Å². The molecule has 1 aliphatic carbocycles. The maximum Gasteiger partial charge on any atom is 0.326 e. The van der Waals surface area contributed by atoms with Crippen LogP contribution in [-0.4, -0.2) is 28.0 Å². The lowest BCUT2D eigenvalue weighted by Gasteiger charge is -2.17. The van der Waals surface area contributed by atoms with E-state index in [1.165, 1.54) is 16.2 Å². The molecule has 2 heterocycles. The summed E-state index contributed by atoms with van der Waals surface area (Å²) in [5.41, 5.74) is 3.21. The monoisotopic (exact) mass is 408 g/mol. The predicted octanol–water partition coefficient (Wildman–Crippen LogP) is 3.28. The zero-order valence-electron chi connectivity index (χ0n) is 16.0. The van der Waals surface area contributed by atoms with Crippen LogP contribution in [0.4, 0.5) is 5.00 Å². The van der Waals surface area contributed by atoms with Gasteiger partial charge in [0.15, 0.2) is 6.61 Å². The van der Waals surface area contributed by atoms with Crippen molar-refractivity contribution in [3.05, 3.63) is 46.6 Å². The third-order valence-electron chi connectivity index (χ3n) is 5.07. The Bertz CT molecular complexity index is 1120. The molecule has 1 amide bonds. The number of hydrogen-bond donors (Lipinski definition) is 1. The number of carbonyl (C=O) groups excluding carboxylic acids is 2. The SMILES string of the molecule is CC1CCc2c(sc(NC(=O)COC(=O)Cn3cnc4ccccc43)c2C#N)C1. The van der Waals surface area contributed by atoms with Gasteiger partial charge >= 0.3 is 5.97 Å². The fraction of sp³-hybridized carbons (Fsp3) is 0.333. The number of ether oxygens (including phenoxy) is 1. The lowest BCUT2D eigenvalue weighted by molar-refractivity contribution is -0.147. The third kappa shape index (κ3) is 4.00. The highest BCUT2D eigenvalue weighted by atomic mass is 32.1. The Morgan fingerprint density at radius 1 is 1.41 bits per heavy atom. The minimum Gasteiger partial charge on any atom is -0.454 e. The predicted molar refractivity (Wildman–Crippen MR) is 110 cm³/mol. The molecule has 1 aliphatic rings. The Balaban J connectivity index is 1.36. The first kappa shape index (κ1) is 19.2. The van der Waals surface area contributed by atoms with E-state index in [2.05, 4.69) is 23.3 Å². The number of anilines is 1. The van der Waals surface area contributed by atoms with Crippen LogP contribution >= 0.6 is 11.3 Å². The van der Waals surface area contributed by atoms with Crippen molar-refractivity contribution >= 4 is 39.2 Å². The van der Waals surface area contributed by atoms with Crippen LogP contribution < -0.4 is 5.32 Å². The number of fused-ring (bicyclic) bond motifs is 2. The molecule has 0 fully saturated rings. The van der Waals surface area contributed by atoms with E-state index in [4.69, 9.17) is 4.74 Å². The Labute approximate surface area is 171 Å². The molecule has 1 N–H and O–H groups in total. The van der Waals surface area contributed by atoms with E-state index in [-0.39, 0.29) is 6.54 Å². The number of rotatable bonds is 5. The van der Waals surface area contributed by atoms with Crippen LogP contribution in [0.3, 0.4) is 0 Å². The lowest BCUT2D eigenvalue weighted by atomic mass is 9.89. The van der Waals surface area contributed by atoms with Crippen LogP contribution in [0.15, 0.2) is 30.6 Å². The van der Waals surface area contributed by atoms with Gasteiger partial charge in [-0.3, -0.25) is 9.59 Å². The van der Waals surface area contributed by atoms with Gasteiger partial charge in [-0.2, -0.15) is 5.26 Å². The van der Waals surface area contributed by atoms with Gasteiger partial charge in [-0.25, -0.2) is 4.98 Å². The molecule has 7 nitrogen and oxygen atoms in total. The number of aromatic nitrogens is 2. The van der Waals surface area contributed by atoms with Crippen molar-refractivity contribution in [2.45, 2.75) is 32.7 Å². The molecule has 0 aliphatic heterocycles. The van der Waals surface area contributed by atoms with E-state index in [0.29, 0.717) is 16.5 Å². The first-order valence-corrected chi connectivity index (χ1v) is 10.3. The molecular formula is C21H20N4O3S. The first-order valence-electron chi connectivity index (χ1n) is 9.45. The maximum absolute atomic E-state index is 12.3. The number of thiophene rings is 1. The summed E-state index contributed by atoms with van der Waals surface area (Å²) in [7, 11) is 0. The molecule has 1 aromatic carbocycles. The van der Waals surface area contributed by atoms with Gasteiger partial charge in [-0.15, -0.1) is 11.3 Å². The summed E-state index contributed by atoms with van der Waals surface area (Å²) < 4.78 is 6.79. The van der Waals surface area contributed by atoms with Gasteiger partial charge in [0.2, 0.25) is 0 Å². The minimum atomic E-state index is -0.525. The van der Waals surface area contributed by atoms with Crippen molar-refractivity contribution in [2.75, 3.05) is 11.9 Å². The molecule has 0 saturated heterocycles. The van der Waals surface area contributed by atoms with Crippen molar-refractivity contribution < 1.29 is 14.3 Å². The van der Waals surface area contributed by atoms with Crippen molar-refractivity contribution in [3.63, 3.8) is 0 Å². The number of hydrogen-bond acceptors (Lipinski definition) is 6. The van der Waals surface area contributed by atoms with E-state index in [0.717, 1.165) is 35.9 Å². The van der Waals surface area contributed by atoms with Crippen molar-refractivity contribution in [3.8, 4) is 6.07 Å². The number of nitrogens with zero attached hydrogens (tertiary/aromatic N) is 3. The highest BCUT2D eigenvalue weighted by Gasteiger charge is 2.24. The molecule has 1 atom stereocenters. The normalized spacial score (nSPS) is 15.5. The Morgan fingerprint density at radius 2 is 2.24 bits per heavy atom. The minimum absolute atomic E-state index is 0.0254. The van der Waals surface area contributed by atoms with Crippen molar-refractivity contribution in [1.29, 1.82) is 5.26 Å². The molecule has 0 spiro atoms. The second-order valence-electron chi connectivity index (χ2n) is 7.24. The molecule has 2 aromatic heterocycles. The average molecular weight is 408 g/mol. The summed E-state index contributed by atoms with van der Waals surface area (Å²) in [5.74, 6) is -0.392. The van der Waals surface area contributed by atoms with Crippen molar-refractivity contribution in [1.82, 2.24) is 9.55 Å². The van der Waals surface area contributed by atoms with Gasteiger partial charge in [0.1, 0.15) is 17.6 Å². The number of para-hydroxylation sites is 2. The summed E-state index contributed by atoms with van der Waals surface area (Å²) >= 11 is 1.45. The summed E-state index contributed by atoms with van der Waals surface area (Å²) in [6.45, 7) is 1.77. The Hall–Kier alpha value is -3.18. The van der Waals surface area contributed by atoms with E-state index >= 15 is 0 Å². The number of imidazole rings is 1. The average Bonchev–Trinajstić information content (AvgIpc) is 3.26. The van der Waals surface area contributed by atoms with Gasteiger partial charge in [0, 0.05) is 4.88 Å². The maximum atomic E-state index is 12.3. The molecule has 0 bridgehead atoms. The van der Waals surface area contributed by atoms with Crippen LogP contribution in [0.5, 0.6) is 0 Å². The number of carbonyl (C=O) groups is 2. The number of nitriles is 1. The van der Waals surface area contributed by atoms with Gasteiger partial charge in [-0.05, 0) is 42.9 Å². The number of amides is 1. The van der Waals surface area contributed by atoms with E-state index in [1.54, 1.807) is 10.9 Å². The summed E-state index contributed by atoms with van der Waals surface area (Å²) in [6.07, 6.45) is 4.41. The molecule has 0 saturated carbocycles. The third-order valence-corrected chi connectivity index (χ3v) is 6.24. The van der Waals surface area contributed by atoms with Crippen LogP contribution in [0.2, 0.25) is 0 Å². The zero-order valence-corrected chi connectivity index (χ0v) is 16.8. The fourth-order valence-electron chi connectivity index (χ4n) is 3.59. The summed E-state index contributed by atoms with van der Waals surface area (Å²) in [6, 6.07) is 9.68. The fourth-order valence-corrected chi connectivity index (χ4v) is 4.96. The van der Waals surface area contributed by atoms with Crippen LogP contribution in [0.25, 0.3) is 11.0 Å². The quantitative estimate of drug-likeness (QED) is 0.654. The standard InChI is InChI=1S/C21H20N4O3S/c1-13-6-7-14-15(9-22)21(29-18(14)8-13)24-19(26)11-28-20(27)10-25-12-23-16-4-2-3-5-17(16)25/h2-5,12-13H,6-8,10-11H2,1H3,(H,24,26). The smallest absolute Gasteiger partial charge is 0.326 e. The van der Waals surface area contributed by atoms with E-state index in [1.807, 2.05) is 24.3 Å². The molecule has 29 heavy (non-hydrogen) atoms. The second kappa shape index (κ2) is 8.05. The van der Waals surface area contributed by atoms with Gasteiger partial charge in [0.25, 0.3) is 5.91 Å². The molecule has 4 rings (SSSR count). The summed E-state index contributed by atoms with van der Waals surface area (Å²) in [5, 5.41) is 12.8. The Kier molecular flexibility index (Phi) is 5.32. The van der Waals surface area contributed by atoms with E-state index < -0.39 is 18.5 Å². The topological polar surface area (TPSA) is 97.0 Å². The van der Waals surface area contributed by atoms with E-state index in [9.17, 15) is 14.9 Å². The molecule has 3 aromatic rings. The second-order valence-corrected chi connectivity index (χ2v) is 8.34. The van der Waals surface area contributed by atoms with Crippen LogP contribution in [-0.2, 0) is 33.7 Å². The molecule has 8 heteroatoms. The number of nitrogens with one attached hydrogen (secondary N) is 1. The molecular weight excluding hydrogens is 388 g/mol. The van der Waals surface area contributed by atoms with Crippen molar-refractivity contribution in [2.24, 2.45) is 5.92 Å². The Morgan fingerprint density at radius 3 is 3.07 bits per heavy atom. The molecule has 0 radical (unpaired) electrons. The van der Waals surface area contributed by atoms with Crippen LogP contribution in [0, 0.1) is 17.2 Å². The molecule has 1 unspecified atom stereocenters. The van der Waals surface area contributed by atoms with Gasteiger partial charge in [-0.1, -0.05) is 19.1 Å². The first-order chi connectivity index (χ1) is 14.0.